The van der Waals surface area contributed by atoms with Crippen molar-refractivity contribution in [3.8, 4) is 0 Å². The summed E-state index contributed by atoms with van der Waals surface area (Å²) in [5.41, 5.74) is 0. The third kappa shape index (κ3) is 10.4. The number of nitrogens with one attached hydrogen (secondary N) is 1. The highest BCUT2D eigenvalue weighted by Crippen LogP contribution is 2.00. The molecule has 0 aliphatic carbocycles. The van der Waals surface area contributed by atoms with Crippen molar-refractivity contribution in [2.75, 3.05) is 33.5 Å². The zero-order chi connectivity index (χ0) is 12.1. The quantitative estimate of drug-likeness (QED) is 0.524. The van der Waals surface area contributed by atoms with E-state index in [-0.39, 0.29) is 0 Å². The van der Waals surface area contributed by atoms with E-state index in [1.54, 1.807) is 7.11 Å². The predicted octanol–water partition coefficient (Wildman–Crippen LogP) is 2.60. The first-order chi connectivity index (χ1) is 7.85. The van der Waals surface area contributed by atoms with Gasteiger partial charge in [0.15, 0.2) is 0 Å². The highest BCUT2D eigenvalue weighted by molar-refractivity contribution is 4.66. The normalized spacial score (nSPS) is 12.9. The number of ether oxygens (including phenoxy) is 2. The van der Waals surface area contributed by atoms with E-state index >= 15 is 0 Å². The lowest BCUT2D eigenvalue weighted by Gasteiger charge is -2.18. The summed E-state index contributed by atoms with van der Waals surface area (Å²) in [6.07, 6.45) is 5.73. The fourth-order valence-electron chi connectivity index (χ4n) is 1.53. The van der Waals surface area contributed by atoms with Gasteiger partial charge < -0.3 is 14.8 Å². The summed E-state index contributed by atoms with van der Waals surface area (Å²) in [5.74, 6) is 0. The predicted molar refractivity (Wildman–Crippen MR) is 68.9 cm³/mol. The molecule has 1 unspecified atom stereocenters. The van der Waals surface area contributed by atoms with Gasteiger partial charge in [0.25, 0.3) is 0 Å². The van der Waals surface area contributed by atoms with Crippen molar-refractivity contribution < 1.29 is 9.47 Å². The van der Waals surface area contributed by atoms with E-state index in [1.165, 1.54) is 19.3 Å². The minimum atomic E-state index is 0.543. The third-order valence-corrected chi connectivity index (χ3v) is 2.61. The molecule has 3 heteroatoms. The minimum Gasteiger partial charge on any atom is -0.385 e. The van der Waals surface area contributed by atoms with Crippen molar-refractivity contribution >= 4 is 0 Å². The lowest BCUT2D eigenvalue weighted by molar-refractivity contribution is 0.114. The molecule has 0 rings (SSSR count). The maximum atomic E-state index is 5.58. The summed E-state index contributed by atoms with van der Waals surface area (Å²) in [6, 6.07) is 0.543. The van der Waals surface area contributed by atoms with Gasteiger partial charge in [-0.15, -0.1) is 0 Å². The average Bonchev–Trinajstić information content (AvgIpc) is 2.31. The van der Waals surface area contributed by atoms with Crippen LogP contribution in [0.4, 0.5) is 0 Å². The molecule has 1 N–H and O–H groups in total. The SMILES string of the molecule is CCCCOCCC(CCOC)NCCC. The van der Waals surface area contributed by atoms with Gasteiger partial charge in [0.2, 0.25) is 0 Å². The van der Waals surface area contributed by atoms with Crippen LogP contribution >= 0.6 is 0 Å². The number of unbranched alkanes of at least 4 members (excludes halogenated alkanes) is 1. The fourth-order valence-corrected chi connectivity index (χ4v) is 1.53. The van der Waals surface area contributed by atoms with Crippen molar-refractivity contribution in [1.82, 2.24) is 5.32 Å². The maximum absolute atomic E-state index is 5.58. The van der Waals surface area contributed by atoms with E-state index in [0.29, 0.717) is 6.04 Å². The van der Waals surface area contributed by atoms with E-state index in [0.717, 1.165) is 39.2 Å². The van der Waals surface area contributed by atoms with Crippen molar-refractivity contribution in [1.29, 1.82) is 0 Å². The summed E-state index contributed by atoms with van der Waals surface area (Å²) in [6.45, 7) is 8.07. The van der Waals surface area contributed by atoms with Gasteiger partial charge in [-0.3, -0.25) is 0 Å². The smallest absolute Gasteiger partial charge is 0.0480 e. The molecule has 1 atom stereocenters. The number of hydrogen-bond donors (Lipinski definition) is 1. The van der Waals surface area contributed by atoms with Gasteiger partial charge in [-0.25, -0.2) is 0 Å². The molecule has 98 valence electrons. The molecule has 16 heavy (non-hydrogen) atoms. The Labute approximate surface area is 101 Å². The molecule has 0 saturated heterocycles. The zero-order valence-electron chi connectivity index (χ0n) is 11.3. The molecule has 0 aliphatic rings. The molecule has 0 amide bonds. The molecule has 0 aromatic rings. The van der Waals surface area contributed by atoms with Gasteiger partial charge in [0, 0.05) is 33.0 Å². The molecule has 0 fully saturated rings. The number of rotatable bonds is 12. The van der Waals surface area contributed by atoms with Crippen LogP contribution in [0.3, 0.4) is 0 Å². The molecular weight excluding hydrogens is 202 g/mol. The van der Waals surface area contributed by atoms with Crippen molar-refractivity contribution in [3.05, 3.63) is 0 Å². The molecule has 0 spiro atoms. The second-order valence-corrected chi connectivity index (χ2v) is 4.19. The van der Waals surface area contributed by atoms with Crippen LogP contribution in [0.2, 0.25) is 0 Å². The van der Waals surface area contributed by atoms with E-state index in [4.69, 9.17) is 9.47 Å². The Morgan fingerprint density at radius 2 is 1.75 bits per heavy atom. The Hall–Kier alpha value is -0.120. The van der Waals surface area contributed by atoms with Crippen molar-refractivity contribution in [2.24, 2.45) is 0 Å². The molecule has 0 aliphatic heterocycles. The molecule has 0 saturated carbocycles. The van der Waals surface area contributed by atoms with E-state index in [9.17, 15) is 0 Å². The van der Waals surface area contributed by atoms with Gasteiger partial charge in [0.05, 0.1) is 0 Å². The van der Waals surface area contributed by atoms with E-state index < -0.39 is 0 Å². The van der Waals surface area contributed by atoms with Crippen LogP contribution in [0.1, 0.15) is 46.0 Å². The molecule has 0 aromatic heterocycles. The van der Waals surface area contributed by atoms with Crippen molar-refractivity contribution in [2.45, 2.75) is 52.0 Å². The van der Waals surface area contributed by atoms with E-state index in [1.807, 2.05) is 0 Å². The van der Waals surface area contributed by atoms with Gasteiger partial charge in [-0.05, 0) is 32.2 Å². The Kier molecular flexibility index (Phi) is 12.9. The number of methoxy groups -OCH3 is 1. The van der Waals surface area contributed by atoms with E-state index in [2.05, 4.69) is 19.2 Å². The largest absolute Gasteiger partial charge is 0.385 e. The Bertz CT molecular complexity index is 123. The van der Waals surface area contributed by atoms with Gasteiger partial charge in [0.1, 0.15) is 0 Å². The summed E-state index contributed by atoms with van der Waals surface area (Å²) < 4.78 is 10.7. The van der Waals surface area contributed by atoms with Crippen LogP contribution in [0.25, 0.3) is 0 Å². The molecule has 0 bridgehead atoms. The second-order valence-electron chi connectivity index (χ2n) is 4.19. The van der Waals surface area contributed by atoms with Gasteiger partial charge in [-0.1, -0.05) is 20.3 Å². The van der Waals surface area contributed by atoms with Crippen LogP contribution in [0.15, 0.2) is 0 Å². The first-order valence-corrected chi connectivity index (χ1v) is 6.65. The third-order valence-electron chi connectivity index (χ3n) is 2.61. The van der Waals surface area contributed by atoms with Crippen LogP contribution in [-0.2, 0) is 9.47 Å². The Balaban J connectivity index is 3.48. The summed E-state index contributed by atoms with van der Waals surface area (Å²) in [4.78, 5) is 0. The van der Waals surface area contributed by atoms with Crippen LogP contribution in [0.5, 0.6) is 0 Å². The summed E-state index contributed by atoms with van der Waals surface area (Å²) in [5, 5.41) is 3.54. The summed E-state index contributed by atoms with van der Waals surface area (Å²) >= 11 is 0. The topological polar surface area (TPSA) is 30.5 Å². The van der Waals surface area contributed by atoms with Crippen LogP contribution < -0.4 is 5.32 Å². The van der Waals surface area contributed by atoms with Gasteiger partial charge >= 0.3 is 0 Å². The molecule has 0 aromatic carbocycles. The summed E-state index contributed by atoms with van der Waals surface area (Å²) in [7, 11) is 1.76. The van der Waals surface area contributed by atoms with Crippen LogP contribution in [-0.4, -0.2) is 39.5 Å². The van der Waals surface area contributed by atoms with Gasteiger partial charge in [-0.2, -0.15) is 0 Å². The molecular formula is C13H29NO2. The van der Waals surface area contributed by atoms with Crippen molar-refractivity contribution in [3.63, 3.8) is 0 Å². The lowest BCUT2D eigenvalue weighted by Crippen LogP contribution is -2.32. The first kappa shape index (κ1) is 15.9. The minimum absolute atomic E-state index is 0.543. The zero-order valence-corrected chi connectivity index (χ0v) is 11.3. The highest BCUT2D eigenvalue weighted by Gasteiger charge is 2.06. The molecule has 0 heterocycles. The maximum Gasteiger partial charge on any atom is 0.0480 e. The standard InChI is InChI=1S/C13H29NO2/c1-4-6-10-16-12-8-13(7-11-15-3)14-9-5-2/h13-14H,4-12H2,1-3H3. The molecule has 3 nitrogen and oxygen atoms in total. The first-order valence-electron chi connectivity index (χ1n) is 6.65. The highest BCUT2D eigenvalue weighted by atomic mass is 16.5. The number of hydrogen-bond acceptors (Lipinski definition) is 3. The monoisotopic (exact) mass is 231 g/mol. The second kappa shape index (κ2) is 12.9. The lowest BCUT2D eigenvalue weighted by atomic mass is 10.1. The Morgan fingerprint density at radius 1 is 1.00 bits per heavy atom. The fraction of sp³-hybridized carbons (Fsp3) is 1.00. The molecule has 0 radical (unpaired) electrons. The Morgan fingerprint density at radius 3 is 2.38 bits per heavy atom. The van der Waals surface area contributed by atoms with Crippen LogP contribution in [0, 0.1) is 0 Å². The average molecular weight is 231 g/mol.